The van der Waals surface area contributed by atoms with Crippen LogP contribution in [0.2, 0.25) is 0 Å². The van der Waals surface area contributed by atoms with Crippen LogP contribution in [0.3, 0.4) is 0 Å². The van der Waals surface area contributed by atoms with Gasteiger partial charge in [-0.05, 0) is 18.1 Å². The Morgan fingerprint density at radius 3 is 2.36 bits per heavy atom. The third kappa shape index (κ3) is 5.31. The first-order valence-electron chi connectivity index (χ1n) is 7.37. The lowest BCUT2D eigenvalue weighted by Gasteiger charge is -2.19. The minimum absolute atomic E-state index is 0.0315. The number of hydrogen-bond acceptors (Lipinski definition) is 6. The first kappa shape index (κ1) is 17.9. The van der Waals surface area contributed by atoms with Crippen molar-refractivity contribution >= 4 is 17.7 Å². The smallest absolute Gasteiger partial charge is 0.408 e. The Bertz CT molecular complexity index is 763. The molecular formula is C17H15N2O6-. The molecule has 1 atom stereocenters. The van der Waals surface area contributed by atoms with Gasteiger partial charge in [-0.15, -0.1) is 0 Å². The molecule has 1 N–H and O–H groups in total. The molecule has 0 heterocycles. The minimum atomic E-state index is -1.45. The van der Waals surface area contributed by atoms with Gasteiger partial charge in [-0.25, -0.2) is 4.79 Å². The highest BCUT2D eigenvalue weighted by molar-refractivity contribution is 5.78. The number of carboxylic acid groups (broad SMARTS) is 1. The number of nitro groups is 1. The zero-order valence-corrected chi connectivity index (χ0v) is 13.1. The van der Waals surface area contributed by atoms with Crippen molar-refractivity contribution in [3.05, 3.63) is 75.8 Å². The molecule has 8 heteroatoms. The van der Waals surface area contributed by atoms with Gasteiger partial charge >= 0.3 is 6.09 Å². The van der Waals surface area contributed by atoms with E-state index in [1.54, 1.807) is 36.4 Å². The number of carbonyl (C=O) groups is 2. The van der Waals surface area contributed by atoms with E-state index in [-0.39, 0.29) is 24.3 Å². The Morgan fingerprint density at radius 1 is 1.08 bits per heavy atom. The van der Waals surface area contributed by atoms with Crippen molar-refractivity contribution in [2.24, 2.45) is 0 Å². The Labute approximate surface area is 143 Å². The fourth-order valence-electron chi connectivity index (χ4n) is 2.18. The molecular weight excluding hydrogens is 328 g/mol. The number of hydrogen-bond donors (Lipinski definition) is 1. The van der Waals surface area contributed by atoms with Crippen molar-refractivity contribution in [3.8, 4) is 0 Å². The van der Waals surface area contributed by atoms with Crippen LogP contribution in [0.4, 0.5) is 10.5 Å². The van der Waals surface area contributed by atoms with E-state index in [9.17, 15) is 24.8 Å². The van der Waals surface area contributed by atoms with Crippen molar-refractivity contribution in [2.75, 3.05) is 0 Å². The molecule has 0 aromatic heterocycles. The van der Waals surface area contributed by atoms with E-state index in [1.165, 1.54) is 18.2 Å². The van der Waals surface area contributed by atoms with Gasteiger partial charge in [0.05, 0.1) is 22.5 Å². The van der Waals surface area contributed by atoms with Crippen molar-refractivity contribution in [1.82, 2.24) is 5.32 Å². The van der Waals surface area contributed by atoms with Crippen LogP contribution in [0.1, 0.15) is 11.1 Å². The summed E-state index contributed by atoms with van der Waals surface area (Å²) >= 11 is 0. The molecule has 1 amide bonds. The molecule has 0 aliphatic rings. The van der Waals surface area contributed by atoms with Crippen LogP contribution in [0, 0.1) is 10.1 Å². The first-order chi connectivity index (χ1) is 12.0. The molecule has 130 valence electrons. The number of carboxylic acids is 1. The number of para-hydroxylation sites is 1. The summed E-state index contributed by atoms with van der Waals surface area (Å²) in [6, 6.07) is 13.2. The van der Waals surface area contributed by atoms with Gasteiger partial charge < -0.3 is 20.0 Å². The van der Waals surface area contributed by atoms with Gasteiger partial charge in [0.25, 0.3) is 5.69 Å². The van der Waals surface area contributed by atoms with E-state index in [0.29, 0.717) is 5.56 Å². The van der Waals surface area contributed by atoms with Crippen molar-refractivity contribution in [3.63, 3.8) is 0 Å². The summed E-state index contributed by atoms with van der Waals surface area (Å²) in [6.45, 7) is -0.353. The molecule has 0 bridgehead atoms. The van der Waals surface area contributed by atoms with E-state index in [0.717, 1.165) is 0 Å². The van der Waals surface area contributed by atoms with Gasteiger partial charge in [-0.3, -0.25) is 10.1 Å². The van der Waals surface area contributed by atoms with Crippen LogP contribution in [0.5, 0.6) is 0 Å². The van der Waals surface area contributed by atoms with Crippen LogP contribution in [0.15, 0.2) is 54.6 Å². The van der Waals surface area contributed by atoms with Gasteiger partial charge in [-0.2, -0.15) is 0 Å². The number of rotatable bonds is 7. The lowest BCUT2D eigenvalue weighted by atomic mass is 10.1. The minimum Gasteiger partial charge on any atom is -0.548 e. The van der Waals surface area contributed by atoms with Crippen molar-refractivity contribution < 1.29 is 24.4 Å². The molecule has 0 unspecified atom stereocenters. The number of nitrogens with zero attached hydrogens (tertiary/aromatic N) is 1. The molecule has 0 aliphatic carbocycles. The number of aliphatic carboxylic acids is 1. The Kier molecular flexibility index (Phi) is 6.05. The summed E-state index contributed by atoms with van der Waals surface area (Å²) < 4.78 is 4.89. The summed E-state index contributed by atoms with van der Waals surface area (Å²) in [5.74, 6) is -1.45. The summed E-state index contributed by atoms with van der Waals surface area (Å²) in [6.07, 6.45) is -0.965. The van der Waals surface area contributed by atoms with E-state index in [2.05, 4.69) is 5.32 Å². The summed E-state index contributed by atoms with van der Waals surface area (Å²) in [5.41, 5.74) is 0.724. The highest BCUT2D eigenvalue weighted by Gasteiger charge is 2.17. The average Bonchev–Trinajstić information content (AvgIpc) is 2.60. The molecule has 0 spiro atoms. The third-order valence-electron chi connectivity index (χ3n) is 3.41. The number of alkyl carbamates (subject to hydrolysis) is 1. The van der Waals surface area contributed by atoms with Crippen LogP contribution < -0.4 is 10.4 Å². The van der Waals surface area contributed by atoms with E-state index in [4.69, 9.17) is 4.74 Å². The molecule has 25 heavy (non-hydrogen) atoms. The molecule has 2 aromatic rings. The van der Waals surface area contributed by atoms with E-state index >= 15 is 0 Å². The van der Waals surface area contributed by atoms with Gasteiger partial charge in [0.1, 0.15) is 6.61 Å². The predicted molar refractivity (Wildman–Crippen MR) is 85.4 cm³/mol. The van der Waals surface area contributed by atoms with E-state index in [1.807, 2.05) is 0 Å². The number of amides is 1. The standard InChI is InChI=1S/C17H16N2O6/c20-16(21)14(10-12-6-2-1-3-7-12)18-17(22)25-11-13-8-4-5-9-15(13)19(23)24/h1-9,14H,10-11H2,(H,18,22)(H,20,21)/p-1/t14-/m0/s1. The van der Waals surface area contributed by atoms with Crippen molar-refractivity contribution in [2.45, 2.75) is 19.1 Å². The maximum atomic E-state index is 11.8. The molecule has 0 radical (unpaired) electrons. The van der Waals surface area contributed by atoms with Crippen LogP contribution in [-0.4, -0.2) is 23.0 Å². The fraction of sp³-hybridized carbons (Fsp3) is 0.176. The monoisotopic (exact) mass is 343 g/mol. The second kappa shape index (κ2) is 8.44. The Balaban J connectivity index is 1.96. The zero-order valence-electron chi connectivity index (χ0n) is 13.1. The molecule has 0 fully saturated rings. The number of ether oxygens (including phenoxy) is 1. The highest BCUT2D eigenvalue weighted by atomic mass is 16.6. The molecule has 2 aromatic carbocycles. The van der Waals surface area contributed by atoms with Crippen molar-refractivity contribution in [1.29, 1.82) is 0 Å². The number of nitrogens with one attached hydrogen (secondary N) is 1. The Hall–Kier alpha value is -3.42. The average molecular weight is 343 g/mol. The summed E-state index contributed by atoms with van der Waals surface area (Å²) in [4.78, 5) is 33.3. The molecule has 0 saturated carbocycles. The maximum Gasteiger partial charge on any atom is 0.408 e. The largest absolute Gasteiger partial charge is 0.548 e. The third-order valence-corrected chi connectivity index (χ3v) is 3.41. The topological polar surface area (TPSA) is 122 Å². The number of carbonyl (C=O) groups excluding carboxylic acids is 2. The molecule has 0 aliphatic heterocycles. The summed E-state index contributed by atoms with van der Waals surface area (Å²) in [7, 11) is 0. The molecule has 0 saturated heterocycles. The SMILES string of the molecule is O=C(N[C@@H](Cc1ccccc1)C(=O)[O-])OCc1ccccc1[N+](=O)[O-]. The number of nitro benzene ring substituents is 1. The second-order valence-electron chi connectivity index (χ2n) is 5.17. The van der Waals surface area contributed by atoms with Gasteiger partial charge in [0.15, 0.2) is 0 Å². The fourth-order valence-corrected chi connectivity index (χ4v) is 2.18. The van der Waals surface area contributed by atoms with Crippen LogP contribution in [0.25, 0.3) is 0 Å². The summed E-state index contributed by atoms with van der Waals surface area (Å²) in [5, 5.41) is 24.3. The molecule has 8 nitrogen and oxygen atoms in total. The van der Waals surface area contributed by atoms with Crippen LogP contribution >= 0.6 is 0 Å². The van der Waals surface area contributed by atoms with Gasteiger partial charge in [0, 0.05) is 6.07 Å². The van der Waals surface area contributed by atoms with Gasteiger partial charge in [-0.1, -0.05) is 42.5 Å². The normalized spacial score (nSPS) is 11.4. The second-order valence-corrected chi connectivity index (χ2v) is 5.17. The number of benzene rings is 2. The maximum absolute atomic E-state index is 11.8. The lowest BCUT2D eigenvalue weighted by molar-refractivity contribution is -0.385. The van der Waals surface area contributed by atoms with E-state index < -0.39 is 23.0 Å². The molecule has 2 rings (SSSR count). The Morgan fingerprint density at radius 2 is 1.72 bits per heavy atom. The first-order valence-corrected chi connectivity index (χ1v) is 7.37. The quantitative estimate of drug-likeness (QED) is 0.595. The lowest BCUT2D eigenvalue weighted by Crippen LogP contribution is -2.49. The predicted octanol–water partition coefficient (Wildman–Crippen LogP) is 1.18. The zero-order chi connectivity index (χ0) is 18.2. The highest BCUT2D eigenvalue weighted by Crippen LogP contribution is 2.18. The van der Waals surface area contributed by atoms with Gasteiger partial charge in [0.2, 0.25) is 0 Å². The van der Waals surface area contributed by atoms with Crippen LogP contribution in [-0.2, 0) is 22.6 Å².